The monoisotopic (exact) mass is 273 g/mol. The molecule has 0 radical (unpaired) electrons. The van der Waals surface area contributed by atoms with E-state index in [-0.39, 0.29) is 6.10 Å². The molecule has 1 N–H and O–H groups in total. The Bertz CT molecular complexity index is 595. The molecule has 1 saturated heterocycles. The molecule has 5 nitrogen and oxygen atoms in total. The van der Waals surface area contributed by atoms with Gasteiger partial charge in [0.1, 0.15) is 17.4 Å². The number of aromatic nitrogens is 2. The Morgan fingerprint density at radius 2 is 2.30 bits per heavy atom. The summed E-state index contributed by atoms with van der Waals surface area (Å²) in [4.78, 5) is 8.89. The number of fused-ring (bicyclic) bond motifs is 1. The van der Waals surface area contributed by atoms with E-state index in [9.17, 15) is 0 Å². The number of nitrogens with zero attached hydrogens (tertiary/aromatic N) is 2. The van der Waals surface area contributed by atoms with Crippen LogP contribution in [0, 0.1) is 0 Å². The minimum atomic E-state index is 0.122. The van der Waals surface area contributed by atoms with Gasteiger partial charge in [0.2, 0.25) is 5.95 Å². The molecule has 0 spiro atoms. The van der Waals surface area contributed by atoms with Crippen molar-refractivity contribution in [2.75, 3.05) is 18.5 Å². The number of nitrogens with one attached hydrogen (secondary N) is 1. The van der Waals surface area contributed by atoms with E-state index >= 15 is 0 Å². The zero-order valence-corrected chi connectivity index (χ0v) is 11.8. The molecular formula is C15H19N3O2. The number of anilines is 1. The van der Waals surface area contributed by atoms with Crippen molar-refractivity contribution in [3.05, 3.63) is 24.4 Å². The van der Waals surface area contributed by atoms with Crippen LogP contribution >= 0.6 is 0 Å². The van der Waals surface area contributed by atoms with Crippen LogP contribution in [-0.4, -0.2) is 35.3 Å². The van der Waals surface area contributed by atoms with Gasteiger partial charge < -0.3 is 14.8 Å². The third-order valence-corrected chi connectivity index (χ3v) is 3.17. The average Bonchev–Trinajstić information content (AvgIpc) is 2.92. The van der Waals surface area contributed by atoms with Crippen molar-refractivity contribution < 1.29 is 9.47 Å². The summed E-state index contributed by atoms with van der Waals surface area (Å²) in [6.07, 6.45) is 2.88. The summed E-state index contributed by atoms with van der Waals surface area (Å²) in [5, 5.41) is 4.20. The van der Waals surface area contributed by atoms with Gasteiger partial charge in [-0.2, -0.15) is 0 Å². The molecule has 2 heterocycles. The van der Waals surface area contributed by atoms with Crippen LogP contribution in [0.4, 0.5) is 5.95 Å². The minimum absolute atomic E-state index is 0.122. The lowest BCUT2D eigenvalue weighted by Crippen LogP contribution is -2.16. The highest BCUT2D eigenvalue weighted by Gasteiger charge is 2.18. The van der Waals surface area contributed by atoms with Crippen LogP contribution in [-0.2, 0) is 4.74 Å². The predicted molar refractivity (Wildman–Crippen MR) is 78.1 cm³/mol. The minimum Gasteiger partial charge on any atom is -0.486 e. The molecule has 1 aromatic carbocycles. The molecule has 3 rings (SSSR count). The lowest BCUT2D eigenvalue weighted by atomic mass is 10.2. The molecule has 20 heavy (non-hydrogen) atoms. The zero-order chi connectivity index (χ0) is 13.9. The maximum absolute atomic E-state index is 6.01. The van der Waals surface area contributed by atoms with E-state index in [0.717, 1.165) is 29.7 Å². The van der Waals surface area contributed by atoms with Gasteiger partial charge in [-0.15, -0.1) is 0 Å². The lowest BCUT2D eigenvalue weighted by Gasteiger charge is -2.14. The number of benzene rings is 1. The van der Waals surface area contributed by atoms with Gasteiger partial charge in [-0.25, -0.2) is 9.97 Å². The van der Waals surface area contributed by atoms with E-state index in [1.807, 2.05) is 24.4 Å². The Kier molecular flexibility index (Phi) is 3.69. The summed E-state index contributed by atoms with van der Waals surface area (Å²) < 4.78 is 11.4. The Morgan fingerprint density at radius 3 is 3.05 bits per heavy atom. The van der Waals surface area contributed by atoms with Gasteiger partial charge in [-0.3, -0.25) is 0 Å². The molecule has 1 aliphatic rings. The highest BCUT2D eigenvalue weighted by Crippen LogP contribution is 2.26. The third-order valence-electron chi connectivity index (χ3n) is 3.17. The Morgan fingerprint density at radius 1 is 1.40 bits per heavy atom. The smallest absolute Gasteiger partial charge is 0.223 e. The topological polar surface area (TPSA) is 56.3 Å². The molecule has 106 valence electrons. The highest BCUT2D eigenvalue weighted by molar-refractivity contribution is 5.84. The summed E-state index contributed by atoms with van der Waals surface area (Å²) in [6, 6.07) is 6.20. The summed E-state index contributed by atoms with van der Waals surface area (Å²) in [7, 11) is 0. The maximum Gasteiger partial charge on any atom is 0.223 e. The lowest BCUT2D eigenvalue weighted by molar-refractivity contribution is 0.142. The molecule has 0 saturated carbocycles. The summed E-state index contributed by atoms with van der Waals surface area (Å²) in [5.74, 6) is 1.43. The number of para-hydroxylation sites is 1. The van der Waals surface area contributed by atoms with Crippen LogP contribution in [0.5, 0.6) is 5.75 Å². The number of ether oxygens (including phenoxy) is 2. The standard InChI is InChI=1S/C15H19N3O2/c1-10(2)17-15-16-8-11-4-3-5-13(14(11)18-15)20-12-6-7-19-9-12/h3-5,8,10,12H,6-7,9H2,1-2H3,(H,16,17,18). The molecule has 0 bridgehead atoms. The third kappa shape index (κ3) is 2.82. The zero-order valence-electron chi connectivity index (χ0n) is 11.8. The summed E-state index contributed by atoms with van der Waals surface area (Å²) in [5.41, 5.74) is 0.845. The van der Waals surface area contributed by atoms with Crippen molar-refractivity contribution in [3.63, 3.8) is 0 Å². The largest absolute Gasteiger partial charge is 0.486 e. The SMILES string of the molecule is CC(C)Nc1ncc2cccc(OC3CCOC3)c2n1. The van der Waals surface area contributed by atoms with Gasteiger partial charge in [0.15, 0.2) is 0 Å². The maximum atomic E-state index is 6.01. The quantitative estimate of drug-likeness (QED) is 0.928. The van der Waals surface area contributed by atoms with E-state index in [4.69, 9.17) is 9.47 Å². The van der Waals surface area contributed by atoms with E-state index in [1.54, 1.807) is 0 Å². The van der Waals surface area contributed by atoms with Crippen LogP contribution in [0.25, 0.3) is 10.9 Å². The van der Waals surface area contributed by atoms with Crippen LogP contribution < -0.4 is 10.1 Å². The first-order valence-corrected chi connectivity index (χ1v) is 6.99. The van der Waals surface area contributed by atoms with Crippen LogP contribution in [0.1, 0.15) is 20.3 Å². The van der Waals surface area contributed by atoms with Crippen LogP contribution in [0.15, 0.2) is 24.4 Å². The number of hydrogen-bond donors (Lipinski definition) is 1. The molecule has 0 amide bonds. The second kappa shape index (κ2) is 5.63. The fourth-order valence-electron chi connectivity index (χ4n) is 2.24. The summed E-state index contributed by atoms with van der Waals surface area (Å²) >= 11 is 0. The molecule has 2 aromatic rings. The second-order valence-electron chi connectivity index (χ2n) is 5.29. The number of hydrogen-bond acceptors (Lipinski definition) is 5. The Hall–Kier alpha value is -1.88. The fraction of sp³-hybridized carbons (Fsp3) is 0.467. The molecule has 5 heteroatoms. The van der Waals surface area contributed by atoms with Gasteiger partial charge in [-0.1, -0.05) is 12.1 Å². The van der Waals surface area contributed by atoms with Gasteiger partial charge >= 0.3 is 0 Å². The van der Waals surface area contributed by atoms with Crippen LogP contribution in [0.3, 0.4) is 0 Å². The molecule has 1 unspecified atom stereocenters. The fourth-order valence-corrected chi connectivity index (χ4v) is 2.24. The second-order valence-corrected chi connectivity index (χ2v) is 5.29. The highest BCUT2D eigenvalue weighted by atomic mass is 16.5. The van der Waals surface area contributed by atoms with Gasteiger partial charge in [0, 0.05) is 24.0 Å². The van der Waals surface area contributed by atoms with Crippen molar-refractivity contribution in [2.45, 2.75) is 32.4 Å². The van der Waals surface area contributed by atoms with E-state index in [2.05, 4.69) is 29.1 Å². The first-order chi connectivity index (χ1) is 9.72. The first-order valence-electron chi connectivity index (χ1n) is 6.99. The van der Waals surface area contributed by atoms with E-state index < -0.39 is 0 Å². The normalized spacial score (nSPS) is 18.6. The van der Waals surface area contributed by atoms with Crippen molar-refractivity contribution in [1.82, 2.24) is 9.97 Å². The van der Waals surface area contributed by atoms with Gasteiger partial charge in [-0.05, 0) is 19.9 Å². The number of rotatable bonds is 4. The average molecular weight is 273 g/mol. The predicted octanol–water partition coefficient (Wildman–Crippen LogP) is 2.62. The van der Waals surface area contributed by atoms with E-state index in [0.29, 0.717) is 18.6 Å². The van der Waals surface area contributed by atoms with Crippen molar-refractivity contribution in [3.8, 4) is 5.75 Å². The molecular weight excluding hydrogens is 254 g/mol. The molecule has 1 atom stereocenters. The molecule has 1 aliphatic heterocycles. The van der Waals surface area contributed by atoms with E-state index in [1.165, 1.54) is 0 Å². The first kappa shape index (κ1) is 13.1. The molecule has 0 aliphatic carbocycles. The van der Waals surface area contributed by atoms with Crippen molar-refractivity contribution >= 4 is 16.9 Å². The molecule has 1 aromatic heterocycles. The van der Waals surface area contributed by atoms with Crippen molar-refractivity contribution in [2.24, 2.45) is 0 Å². The summed E-state index contributed by atoms with van der Waals surface area (Å²) in [6.45, 7) is 5.54. The van der Waals surface area contributed by atoms with Gasteiger partial charge in [0.25, 0.3) is 0 Å². The van der Waals surface area contributed by atoms with Crippen LogP contribution in [0.2, 0.25) is 0 Å². The Labute approximate surface area is 118 Å². The van der Waals surface area contributed by atoms with Crippen molar-refractivity contribution in [1.29, 1.82) is 0 Å². The Balaban J connectivity index is 1.93. The molecule has 1 fully saturated rings. The van der Waals surface area contributed by atoms with Gasteiger partial charge in [0.05, 0.1) is 13.2 Å².